The maximum Gasteiger partial charge on any atom is 0.132 e. The van der Waals surface area contributed by atoms with Gasteiger partial charge in [-0.15, -0.1) is 0 Å². The smallest absolute Gasteiger partial charge is 0.132 e. The second kappa shape index (κ2) is 10.3. The first-order valence-corrected chi connectivity index (χ1v) is 11.1. The van der Waals surface area contributed by atoms with Crippen LogP contribution < -0.4 is 20.7 Å². The fourth-order valence-corrected chi connectivity index (χ4v) is 4.18. The minimum absolute atomic E-state index is 0.0593. The van der Waals surface area contributed by atoms with E-state index in [1.54, 1.807) is 0 Å². The molecule has 2 aliphatic heterocycles. The number of hydrogen-bond donors (Lipinski definition) is 4. The topological polar surface area (TPSA) is 68.8 Å². The minimum Gasteiger partial charge on any atom is -0.492 e. The Balaban J connectivity index is 1.18. The summed E-state index contributed by atoms with van der Waals surface area (Å²) >= 11 is 0. The molecule has 2 aromatic rings. The zero-order valence-corrected chi connectivity index (χ0v) is 17.8. The van der Waals surface area contributed by atoms with Gasteiger partial charge >= 0.3 is 0 Å². The predicted octanol–water partition coefficient (Wildman–Crippen LogP) is 2.50. The number of likely N-dealkylation sites (tertiary alicyclic amines) is 1. The van der Waals surface area contributed by atoms with Crippen LogP contribution in [0.3, 0.4) is 0 Å². The van der Waals surface area contributed by atoms with Crippen LogP contribution in [-0.2, 0) is 0 Å². The summed E-state index contributed by atoms with van der Waals surface area (Å²) in [6.07, 6.45) is 1.86. The van der Waals surface area contributed by atoms with Crippen molar-refractivity contribution in [1.82, 2.24) is 15.5 Å². The molecule has 2 fully saturated rings. The maximum atomic E-state index is 9.74. The third-order valence-electron chi connectivity index (χ3n) is 6.01. The predicted molar refractivity (Wildman–Crippen MR) is 121 cm³/mol. The average molecular weight is 411 g/mol. The summed E-state index contributed by atoms with van der Waals surface area (Å²) in [4.78, 5) is 2.27. The molecule has 4 rings (SSSR count). The van der Waals surface area contributed by atoms with Crippen LogP contribution >= 0.6 is 0 Å². The summed E-state index contributed by atoms with van der Waals surface area (Å²) in [5.74, 6) is 1.36. The van der Waals surface area contributed by atoms with E-state index in [1.807, 2.05) is 12.1 Å². The molecule has 0 aromatic heterocycles. The first kappa shape index (κ1) is 21.1. The van der Waals surface area contributed by atoms with E-state index in [0.29, 0.717) is 12.5 Å². The molecule has 2 aromatic carbocycles. The Kier molecular flexibility index (Phi) is 7.23. The van der Waals surface area contributed by atoms with Crippen molar-refractivity contribution in [3.05, 3.63) is 59.7 Å². The molecule has 0 bridgehead atoms. The Labute approximate surface area is 179 Å². The number of nitrogens with one attached hydrogen (secondary N) is 3. The quantitative estimate of drug-likeness (QED) is 0.562. The van der Waals surface area contributed by atoms with Gasteiger partial charge in [0, 0.05) is 37.8 Å². The molecule has 162 valence electrons. The first-order chi connectivity index (χ1) is 14.7. The molecule has 30 heavy (non-hydrogen) atoms. The van der Waals surface area contributed by atoms with Crippen LogP contribution in [0.4, 0.5) is 5.69 Å². The number of aliphatic hydroxyl groups excluding tert-OH is 1. The normalized spacial score (nSPS) is 25.1. The van der Waals surface area contributed by atoms with Gasteiger partial charge in [0.15, 0.2) is 0 Å². The van der Waals surface area contributed by atoms with E-state index in [1.165, 1.54) is 11.1 Å². The molecule has 0 spiro atoms. The van der Waals surface area contributed by atoms with E-state index < -0.39 is 0 Å². The molecule has 0 amide bonds. The molecule has 6 heteroatoms. The molecule has 4 N–H and O–H groups in total. The second-order valence-electron chi connectivity index (χ2n) is 8.47. The van der Waals surface area contributed by atoms with Crippen molar-refractivity contribution in [3.8, 4) is 5.75 Å². The second-order valence-corrected chi connectivity index (χ2v) is 8.47. The lowest BCUT2D eigenvalue weighted by Gasteiger charge is -2.32. The summed E-state index contributed by atoms with van der Waals surface area (Å²) in [5, 5.41) is 20.3. The van der Waals surface area contributed by atoms with Crippen LogP contribution in [0, 0.1) is 6.92 Å². The highest BCUT2D eigenvalue weighted by Crippen LogP contribution is 2.20. The highest BCUT2D eigenvalue weighted by atomic mass is 16.5. The van der Waals surface area contributed by atoms with Crippen molar-refractivity contribution in [3.63, 3.8) is 0 Å². The van der Waals surface area contributed by atoms with Crippen LogP contribution in [0.1, 0.15) is 29.9 Å². The van der Waals surface area contributed by atoms with Crippen molar-refractivity contribution in [2.45, 2.75) is 38.1 Å². The lowest BCUT2D eigenvalue weighted by Crippen LogP contribution is -2.55. The van der Waals surface area contributed by atoms with E-state index in [0.717, 1.165) is 57.0 Å². The van der Waals surface area contributed by atoms with Crippen LogP contribution in [-0.4, -0.2) is 61.7 Å². The lowest BCUT2D eigenvalue weighted by molar-refractivity contribution is 0.0633. The molecule has 1 atom stereocenters. The van der Waals surface area contributed by atoms with E-state index in [2.05, 4.69) is 64.2 Å². The maximum absolute atomic E-state index is 9.74. The number of benzene rings is 2. The van der Waals surface area contributed by atoms with Crippen LogP contribution in [0.15, 0.2) is 48.5 Å². The lowest BCUT2D eigenvalue weighted by atomic mass is 9.97. The van der Waals surface area contributed by atoms with Crippen LogP contribution in [0.25, 0.3) is 0 Å². The number of piperidine rings is 1. The Morgan fingerprint density at radius 3 is 2.50 bits per heavy atom. The Morgan fingerprint density at radius 2 is 1.80 bits per heavy atom. The number of rotatable bonds is 7. The van der Waals surface area contributed by atoms with Gasteiger partial charge in [0.2, 0.25) is 0 Å². The molecule has 0 aliphatic carbocycles. The zero-order chi connectivity index (χ0) is 20.8. The molecule has 0 radical (unpaired) electrons. The monoisotopic (exact) mass is 410 g/mol. The van der Waals surface area contributed by atoms with Crippen LogP contribution in [0.2, 0.25) is 0 Å². The van der Waals surface area contributed by atoms with Gasteiger partial charge in [0.05, 0.1) is 6.10 Å². The van der Waals surface area contributed by atoms with Crippen molar-refractivity contribution >= 4 is 5.69 Å². The Morgan fingerprint density at radius 1 is 1.07 bits per heavy atom. The van der Waals surface area contributed by atoms with E-state index in [-0.39, 0.29) is 12.4 Å². The summed E-state index contributed by atoms with van der Waals surface area (Å²) in [6, 6.07) is 16.9. The fraction of sp³-hybridized carbons (Fsp3) is 0.500. The zero-order valence-electron chi connectivity index (χ0n) is 17.8. The number of aryl methyl sites for hydroxylation is 1. The summed E-state index contributed by atoms with van der Waals surface area (Å²) in [7, 11) is 0. The van der Waals surface area contributed by atoms with E-state index >= 15 is 0 Å². The molecule has 2 saturated heterocycles. The van der Waals surface area contributed by atoms with E-state index in [4.69, 9.17) is 4.74 Å². The molecule has 2 aliphatic rings. The van der Waals surface area contributed by atoms with Crippen molar-refractivity contribution in [2.75, 3.05) is 44.6 Å². The number of nitrogens with zero attached hydrogens (tertiary/aromatic N) is 1. The number of hydrogen-bond acceptors (Lipinski definition) is 6. The van der Waals surface area contributed by atoms with Gasteiger partial charge in [0.1, 0.15) is 18.6 Å². The van der Waals surface area contributed by atoms with Crippen molar-refractivity contribution in [2.24, 2.45) is 0 Å². The molecule has 1 unspecified atom stereocenters. The standard InChI is InChI=1S/C24H34N4O2/c1-18-4-6-19(7-5-18)20-15-25-24(26-16-20)27-21-8-10-23(11-9-21)30-14-13-28-12-2-3-22(29)17-28/h4-11,20,22,24-27,29H,2-3,12-17H2,1H3. The van der Waals surface area contributed by atoms with Gasteiger partial charge in [-0.2, -0.15) is 0 Å². The summed E-state index contributed by atoms with van der Waals surface area (Å²) in [5.41, 5.74) is 3.73. The van der Waals surface area contributed by atoms with Gasteiger partial charge in [-0.05, 0) is 56.1 Å². The summed E-state index contributed by atoms with van der Waals surface area (Å²) < 4.78 is 5.88. The number of aliphatic hydroxyl groups is 1. The SMILES string of the molecule is Cc1ccc(C2CNC(Nc3ccc(OCCN4CCCC(O)C4)cc3)NC2)cc1. The minimum atomic E-state index is -0.182. The van der Waals surface area contributed by atoms with Gasteiger partial charge < -0.3 is 15.2 Å². The molecule has 2 heterocycles. The highest BCUT2D eigenvalue weighted by molar-refractivity contribution is 5.47. The third kappa shape index (κ3) is 5.95. The number of β-amino-alcohol motifs (C(OH)–C–C–N with tert-alkyl or cyclic N) is 1. The summed E-state index contributed by atoms with van der Waals surface area (Å²) in [6.45, 7) is 7.33. The van der Waals surface area contributed by atoms with Crippen molar-refractivity contribution < 1.29 is 9.84 Å². The largest absolute Gasteiger partial charge is 0.492 e. The van der Waals surface area contributed by atoms with Crippen LogP contribution in [0.5, 0.6) is 5.75 Å². The average Bonchev–Trinajstić information content (AvgIpc) is 2.76. The Hall–Kier alpha value is -2.12. The van der Waals surface area contributed by atoms with E-state index in [9.17, 15) is 5.11 Å². The number of ether oxygens (including phenoxy) is 1. The van der Waals surface area contributed by atoms with Gasteiger partial charge in [-0.25, -0.2) is 0 Å². The van der Waals surface area contributed by atoms with Gasteiger partial charge in [-0.3, -0.25) is 15.5 Å². The molecular formula is C24H34N4O2. The Bertz CT molecular complexity index is 773. The molecule has 6 nitrogen and oxygen atoms in total. The third-order valence-corrected chi connectivity index (χ3v) is 6.01. The highest BCUT2D eigenvalue weighted by Gasteiger charge is 2.21. The molecular weight excluding hydrogens is 376 g/mol. The fourth-order valence-electron chi connectivity index (χ4n) is 4.18. The number of anilines is 1. The first-order valence-electron chi connectivity index (χ1n) is 11.1. The van der Waals surface area contributed by atoms with Gasteiger partial charge in [-0.1, -0.05) is 29.8 Å². The van der Waals surface area contributed by atoms with Crippen molar-refractivity contribution in [1.29, 1.82) is 0 Å². The molecule has 0 saturated carbocycles. The van der Waals surface area contributed by atoms with Gasteiger partial charge in [0.25, 0.3) is 0 Å².